The second kappa shape index (κ2) is 7.73. The Labute approximate surface area is 171 Å². The number of carbonyl (C=O) groups excluding carboxylic acids is 4. The summed E-state index contributed by atoms with van der Waals surface area (Å²) in [5.41, 5.74) is 0. The maximum Gasteiger partial charge on any atom is 0.309 e. The molecule has 4 aliphatic heterocycles. The Hall–Kier alpha value is -1.92. The van der Waals surface area contributed by atoms with Crippen molar-refractivity contribution in [1.29, 1.82) is 0 Å². The van der Waals surface area contributed by atoms with Gasteiger partial charge >= 0.3 is 11.9 Å². The number of esters is 2. The van der Waals surface area contributed by atoms with Gasteiger partial charge in [-0.1, -0.05) is 27.2 Å². The molecule has 0 spiro atoms. The Bertz CT molecular complexity index is 720. The minimum atomic E-state index is -0.535. The van der Waals surface area contributed by atoms with Crippen molar-refractivity contribution in [3.63, 3.8) is 0 Å². The number of ether oxygens (including phenoxy) is 2. The molecular weight excluding hydrogens is 374 g/mol. The van der Waals surface area contributed by atoms with Crippen molar-refractivity contribution in [2.75, 3.05) is 6.54 Å². The molecule has 7 heteroatoms. The fourth-order valence-electron chi connectivity index (χ4n) is 5.91. The molecule has 7 nitrogen and oxygen atoms in total. The zero-order valence-electron chi connectivity index (χ0n) is 17.5. The van der Waals surface area contributed by atoms with Crippen LogP contribution in [0, 0.1) is 29.6 Å². The summed E-state index contributed by atoms with van der Waals surface area (Å²) in [6.07, 6.45) is 2.84. The van der Waals surface area contributed by atoms with Gasteiger partial charge in [-0.05, 0) is 25.7 Å². The van der Waals surface area contributed by atoms with Crippen LogP contribution in [0.3, 0.4) is 0 Å². The van der Waals surface area contributed by atoms with E-state index in [0.29, 0.717) is 19.4 Å². The number of hydrogen-bond donors (Lipinski definition) is 0. The summed E-state index contributed by atoms with van der Waals surface area (Å²) < 4.78 is 11.3. The van der Waals surface area contributed by atoms with Crippen molar-refractivity contribution in [3.8, 4) is 0 Å². The van der Waals surface area contributed by atoms with E-state index in [9.17, 15) is 19.2 Å². The van der Waals surface area contributed by atoms with Crippen molar-refractivity contribution in [2.45, 2.75) is 77.5 Å². The first-order valence-corrected chi connectivity index (χ1v) is 11.1. The molecule has 0 saturated carbocycles. The van der Waals surface area contributed by atoms with Gasteiger partial charge in [0.05, 0.1) is 23.8 Å². The topological polar surface area (TPSA) is 90.0 Å². The Kier molecular flexibility index (Phi) is 5.42. The van der Waals surface area contributed by atoms with Gasteiger partial charge in [-0.2, -0.15) is 0 Å². The van der Waals surface area contributed by atoms with Crippen LogP contribution in [0.25, 0.3) is 0 Å². The summed E-state index contributed by atoms with van der Waals surface area (Å²) >= 11 is 0. The fourth-order valence-corrected chi connectivity index (χ4v) is 5.91. The third kappa shape index (κ3) is 3.36. The number of hydrogen-bond acceptors (Lipinski definition) is 6. The van der Waals surface area contributed by atoms with Crippen molar-refractivity contribution in [1.82, 2.24) is 4.90 Å². The molecule has 8 atom stereocenters. The number of cyclic esters (lactones) is 1. The second-order valence-corrected chi connectivity index (χ2v) is 9.27. The van der Waals surface area contributed by atoms with Crippen molar-refractivity contribution in [2.24, 2.45) is 29.6 Å². The monoisotopic (exact) mass is 405 g/mol. The van der Waals surface area contributed by atoms with E-state index in [4.69, 9.17) is 9.47 Å². The predicted molar refractivity (Wildman–Crippen MR) is 102 cm³/mol. The summed E-state index contributed by atoms with van der Waals surface area (Å²) in [5, 5.41) is 0. The van der Waals surface area contributed by atoms with Crippen LogP contribution in [0.5, 0.6) is 0 Å². The number of amides is 1. The molecule has 0 aromatic carbocycles. The van der Waals surface area contributed by atoms with Crippen molar-refractivity contribution in [3.05, 3.63) is 0 Å². The molecule has 160 valence electrons. The SMILES string of the molecule is CC[C@H]1[C@H]2OC(=O)[C@H](C)[C@H]2C(=O)C[C@@H]([C@@H]2C[C@H](C)C(=O)O2)N2CCCC[C@@H]1C2=O. The minimum Gasteiger partial charge on any atom is -0.461 e. The molecule has 0 aromatic heterocycles. The first-order chi connectivity index (χ1) is 13.8. The highest BCUT2D eigenvalue weighted by Gasteiger charge is 2.55. The lowest BCUT2D eigenvalue weighted by molar-refractivity contribution is -0.153. The smallest absolute Gasteiger partial charge is 0.309 e. The molecule has 0 aromatic rings. The Morgan fingerprint density at radius 2 is 1.79 bits per heavy atom. The van der Waals surface area contributed by atoms with E-state index in [1.165, 1.54) is 0 Å². The highest BCUT2D eigenvalue weighted by Crippen LogP contribution is 2.43. The Morgan fingerprint density at radius 1 is 1.03 bits per heavy atom. The lowest BCUT2D eigenvalue weighted by atomic mass is 9.74. The predicted octanol–water partition coefficient (Wildman–Crippen LogP) is 2.11. The van der Waals surface area contributed by atoms with Crippen molar-refractivity contribution < 1.29 is 28.7 Å². The molecule has 0 radical (unpaired) electrons. The van der Waals surface area contributed by atoms with Crippen molar-refractivity contribution >= 4 is 23.6 Å². The average molecular weight is 405 g/mol. The summed E-state index contributed by atoms with van der Waals surface area (Å²) in [6.45, 7) is 6.15. The van der Waals surface area contributed by atoms with Crippen LogP contribution in [0.1, 0.15) is 59.3 Å². The molecule has 4 saturated heterocycles. The van der Waals surface area contributed by atoms with Gasteiger partial charge < -0.3 is 14.4 Å². The van der Waals surface area contributed by atoms with Gasteiger partial charge in [0.2, 0.25) is 5.91 Å². The molecule has 0 N–H and O–H groups in total. The first kappa shape index (κ1) is 20.4. The number of Topliss-reactive ketones (excluding diaryl/α,β-unsaturated/α-hetero) is 1. The van der Waals surface area contributed by atoms with Gasteiger partial charge in [-0.15, -0.1) is 0 Å². The number of rotatable bonds is 2. The van der Waals surface area contributed by atoms with E-state index in [-0.39, 0.29) is 47.8 Å². The van der Waals surface area contributed by atoms with E-state index in [1.807, 2.05) is 18.7 Å². The van der Waals surface area contributed by atoms with Gasteiger partial charge in [0.1, 0.15) is 18.0 Å². The minimum absolute atomic E-state index is 0.0269. The van der Waals surface area contributed by atoms with Crippen LogP contribution >= 0.6 is 0 Å². The molecule has 4 rings (SSSR count). The van der Waals surface area contributed by atoms with Crippen LogP contribution in [0.15, 0.2) is 0 Å². The molecule has 4 aliphatic rings. The van der Waals surface area contributed by atoms with Crippen LogP contribution in [-0.2, 0) is 28.7 Å². The number of fused-ring (bicyclic) bond motifs is 3. The molecule has 29 heavy (non-hydrogen) atoms. The van der Waals surface area contributed by atoms with E-state index in [2.05, 4.69) is 0 Å². The summed E-state index contributed by atoms with van der Waals surface area (Å²) in [4.78, 5) is 53.3. The van der Waals surface area contributed by atoms with Gasteiger partial charge in [0.25, 0.3) is 0 Å². The zero-order valence-corrected chi connectivity index (χ0v) is 17.5. The third-order valence-corrected chi connectivity index (χ3v) is 7.56. The highest BCUT2D eigenvalue weighted by atomic mass is 16.6. The summed E-state index contributed by atoms with van der Waals surface area (Å²) in [5.74, 6) is -2.32. The van der Waals surface area contributed by atoms with E-state index >= 15 is 0 Å². The van der Waals surface area contributed by atoms with Gasteiger partial charge in [-0.25, -0.2) is 0 Å². The van der Waals surface area contributed by atoms with Crippen LogP contribution in [0.4, 0.5) is 0 Å². The Morgan fingerprint density at radius 3 is 2.45 bits per heavy atom. The molecule has 0 unspecified atom stereocenters. The van der Waals surface area contributed by atoms with Gasteiger partial charge in [0, 0.05) is 24.8 Å². The number of ketones is 1. The standard InChI is InChI=1S/C22H31NO6/c1-4-13-14-7-5-6-8-23(20(14)25)15(17-9-11(2)21(26)28-17)10-16(24)18-12(3)22(27)29-19(13)18/h11-15,17-19H,4-10H2,1-3H3/t11-,12+,13+,14-,15-,17-,18-,19+/m0/s1. The lowest BCUT2D eigenvalue weighted by Gasteiger charge is -2.36. The van der Waals surface area contributed by atoms with Gasteiger partial charge in [0.15, 0.2) is 0 Å². The zero-order chi connectivity index (χ0) is 20.9. The van der Waals surface area contributed by atoms with E-state index in [0.717, 1.165) is 19.3 Å². The lowest BCUT2D eigenvalue weighted by Crippen LogP contribution is -2.50. The normalized spacial score (nSPS) is 43.1. The summed E-state index contributed by atoms with van der Waals surface area (Å²) in [6, 6.07) is -0.455. The molecule has 2 bridgehead atoms. The largest absolute Gasteiger partial charge is 0.461 e. The average Bonchev–Trinajstić information content (AvgIpc) is 3.09. The van der Waals surface area contributed by atoms with E-state index in [1.54, 1.807) is 6.92 Å². The fraction of sp³-hybridized carbons (Fsp3) is 0.818. The Balaban J connectivity index is 1.76. The molecule has 0 aliphatic carbocycles. The van der Waals surface area contributed by atoms with Crippen LogP contribution in [-0.4, -0.2) is 53.3 Å². The molecule has 1 amide bonds. The third-order valence-electron chi connectivity index (χ3n) is 7.56. The van der Waals surface area contributed by atoms with Gasteiger partial charge in [-0.3, -0.25) is 19.2 Å². The molecule has 4 heterocycles. The first-order valence-electron chi connectivity index (χ1n) is 11.1. The molecule has 4 fully saturated rings. The second-order valence-electron chi connectivity index (χ2n) is 9.27. The maximum absolute atomic E-state index is 13.6. The quantitative estimate of drug-likeness (QED) is 0.654. The number of nitrogens with zero attached hydrogens (tertiary/aromatic N) is 1. The molecular formula is C22H31NO6. The maximum atomic E-state index is 13.6. The van der Waals surface area contributed by atoms with Crippen LogP contribution in [0.2, 0.25) is 0 Å². The highest BCUT2D eigenvalue weighted by molar-refractivity contribution is 5.91. The van der Waals surface area contributed by atoms with E-state index < -0.39 is 30.1 Å². The van der Waals surface area contributed by atoms with Crippen LogP contribution < -0.4 is 0 Å². The number of carbonyl (C=O) groups is 4. The summed E-state index contributed by atoms with van der Waals surface area (Å²) in [7, 11) is 0.